The number of aliphatic hydroxyl groups excluding tert-OH is 1. The van der Waals surface area contributed by atoms with Gasteiger partial charge in [0.2, 0.25) is 6.79 Å². The lowest BCUT2D eigenvalue weighted by atomic mass is 10.1. The fourth-order valence-corrected chi connectivity index (χ4v) is 2.76. The Morgan fingerprint density at radius 1 is 1.00 bits per heavy atom. The molecule has 0 fully saturated rings. The maximum Gasteiger partial charge on any atom is 0.309 e. The molecule has 0 aliphatic carbocycles. The predicted octanol–water partition coefficient (Wildman–Crippen LogP) is 0.898. The fraction of sp³-hybridized carbons (Fsp3) is 0.300. The monoisotopic (exact) mass is 402 g/mol. The van der Waals surface area contributed by atoms with Crippen molar-refractivity contribution >= 4 is 11.8 Å². The third-order valence-electron chi connectivity index (χ3n) is 4.34. The Morgan fingerprint density at radius 3 is 2.48 bits per heavy atom. The van der Waals surface area contributed by atoms with Crippen molar-refractivity contribution in [1.82, 2.24) is 10.6 Å². The van der Waals surface area contributed by atoms with Crippen LogP contribution in [0.15, 0.2) is 36.4 Å². The SMILES string of the molecule is COc1ccc(C(O)CNC(=O)C(=O)NCc2ccc3c(c2)OCO3)cc1OC. The summed E-state index contributed by atoms with van der Waals surface area (Å²) >= 11 is 0. The van der Waals surface area contributed by atoms with E-state index < -0.39 is 17.9 Å². The van der Waals surface area contributed by atoms with Crippen LogP contribution in [0.1, 0.15) is 17.2 Å². The lowest BCUT2D eigenvalue weighted by Crippen LogP contribution is -2.41. The topological polar surface area (TPSA) is 115 Å². The number of aliphatic hydroxyl groups is 1. The number of nitrogens with one attached hydrogen (secondary N) is 2. The van der Waals surface area contributed by atoms with E-state index in [4.69, 9.17) is 18.9 Å². The lowest BCUT2D eigenvalue weighted by Gasteiger charge is -2.15. The van der Waals surface area contributed by atoms with Crippen LogP contribution in [0.4, 0.5) is 0 Å². The molecule has 1 atom stereocenters. The number of rotatable bonds is 7. The second kappa shape index (κ2) is 9.16. The Balaban J connectivity index is 1.49. The van der Waals surface area contributed by atoms with E-state index in [-0.39, 0.29) is 19.9 Å². The number of fused-ring (bicyclic) bond motifs is 1. The summed E-state index contributed by atoms with van der Waals surface area (Å²) in [5.74, 6) is 0.570. The van der Waals surface area contributed by atoms with Gasteiger partial charge in [0.15, 0.2) is 23.0 Å². The highest BCUT2D eigenvalue weighted by Gasteiger charge is 2.18. The van der Waals surface area contributed by atoms with Gasteiger partial charge in [-0.3, -0.25) is 9.59 Å². The third kappa shape index (κ3) is 4.88. The van der Waals surface area contributed by atoms with Gasteiger partial charge in [-0.15, -0.1) is 0 Å². The molecule has 2 aromatic carbocycles. The first-order chi connectivity index (χ1) is 14.0. The molecule has 9 nitrogen and oxygen atoms in total. The minimum atomic E-state index is -1.01. The highest BCUT2D eigenvalue weighted by Crippen LogP contribution is 2.32. The quantitative estimate of drug-likeness (QED) is 0.590. The molecule has 1 heterocycles. The molecule has 2 aromatic rings. The van der Waals surface area contributed by atoms with Crippen molar-refractivity contribution < 1.29 is 33.6 Å². The maximum absolute atomic E-state index is 12.0. The van der Waals surface area contributed by atoms with Crippen molar-refractivity contribution in [2.75, 3.05) is 27.6 Å². The minimum Gasteiger partial charge on any atom is -0.493 e. The Labute approximate surface area is 167 Å². The molecular weight excluding hydrogens is 380 g/mol. The molecule has 1 aliphatic heterocycles. The van der Waals surface area contributed by atoms with Gasteiger partial charge in [-0.25, -0.2) is 0 Å². The first-order valence-corrected chi connectivity index (χ1v) is 8.86. The van der Waals surface area contributed by atoms with Crippen LogP contribution in [0.5, 0.6) is 23.0 Å². The molecule has 0 saturated heterocycles. The molecule has 1 unspecified atom stereocenters. The number of hydrogen-bond donors (Lipinski definition) is 3. The second-order valence-electron chi connectivity index (χ2n) is 6.21. The summed E-state index contributed by atoms with van der Waals surface area (Å²) in [6, 6.07) is 10.2. The maximum atomic E-state index is 12.0. The van der Waals surface area contributed by atoms with Crippen LogP contribution in [-0.2, 0) is 16.1 Å². The number of methoxy groups -OCH3 is 2. The summed E-state index contributed by atoms with van der Waals surface area (Å²) in [4.78, 5) is 24.0. The number of carbonyl (C=O) groups is 2. The van der Waals surface area contributed by atoms with E-state index in [1.807, 2.05) is 0 Å². The molecule has 29 heavy (non-hydrogen) atoms. The number of hydrogen-bond acceptors (Lipinski definition) is 7. The standard InChI is InChI=1S/C20H22N2O7/c1-26-15-6-4-13(8-17(15)27-2)14(23)10-22-20(25)19(24)21-9-12-3-5-16-18(7-12)29-11-28-16/h3-8,14,23H,9-11H2,1-2H3,(H,21,24)(H,22,25). The van der Waals surface area contributed by atoms with E-state index in [2.05, 4.69) is 10.6 Å². The average molecular weight is 402 g/mol. The molecule has 2 amide bonds. The van der Waals surface area contributed by atoms with Crippen molar-refractivity contribution in [3.05, 3.63) is 47.5 Å². The number of benzene rings is 2. The van der Waals surface area contributed by atoms with Gasteiger partial charge in [0, 0.05) is 13.1 Å². The molecule has 0 saturated carbocycles. The van der Waals surface area contributed by atoms with E-state index in [1.165, 1.54) is 14.2 Å². The second-order valence-corrected chi connectivity index (χ2v) is 6.21. The Hall–Kier alpha value is -3.46. The molecule has 0 bridgehead atoms. The molecular formula is C20H22N2O7. The predicted molar refractivity (Wildman–Crippen MR) is 102 cm³/mol. The van der Waals surface area contributed by atoms with Crippen molar-refractivity contribution in [2.45, 2.75) is 12.6 Å². The highest BCUT2D eigenvalue weighted by atomic mass is 16.7. The molecule has 0 aromatic heterocycles. The van der Waals surface area contributed by atoms with Gasteiger partial charge >= 0.3 is 11.8 Å². The molecule has 154 valence electrons. The zero-order valence-electron chi connectivity index (χ0n) is 16.1. The Bertz CT molecular complexity index is 900. The third-order valence-corrected chi connectivity index (χ3v) is 4.34. The molecule has 0 spiro atoms. The van der Waals surface area contributed by atoms with Crippen molar-refractivity contribution in [3.8, 4) is 23.0 Å². The van der Waals surface area contributed by atoms with Crippen LogP contribution in [-0.4, -0.2) is 44.5 Å². The summed E-state index contributed by atoms with van der Waals surface area (Å²) in [5, 5.41) is 15.2. The van der Waals surface area contributed by atoms with E-state index in [0.29, 0.717) is 28.6 Å². The summed E-state index contributed by atoms with van der Waals surface area (Å²) < 4.78 is 20.8. The van der Waals surface area contributed by atoms with Gasteiger partial charge in [0.1, 0.15) is 0 Å². The summed E-state index contributed by atoms with van der Waals surface area (Å²) in [7, 11) is 3.00. The average Bonchev–Trinajstić information content (AvgIpc) is 3.22. The van der Waals surface area contributed by atoms with Gasteiger partial charge in [0.05, 0.1) is 20.3 Å². The van der Waals surface area contributed by atoms with Crippen LogP contribution in [0.3, 0.4) is 0 Å². The zero-order valence-corrected chi connectivity index (χ0v) is 16.1. The van der Waals surface area contributed by atoms with Crippen LogP contribution in [0.2, 0.25) is 0 Å². The van der Waals surface area contributed by atoms with E-state index in [1.54, 1.807) is 36.4 Å². The van der Waals surface area contributed by atoms with Gasteiger partial charge < -0.3 is 34.7 Å². The van der Waals surface area contributed by atoms with Crippen LogP contribution in [0, 0.1) is 0 Å². The van der Waals surface area contributed by atoms with Gasteiger partial charge in [-0.1, -0.05) is 12.1 Å². The normalized spacial score (nSPS) is 12.8. The smallest absolute Gasteiger partial charge is 0.309 e. The largest absolute Gasteiger partial charge is 0.493 e. The fourth-order valence-electron chi connectivity index (χ4n) is 2.76. The highest BCUT2D eigenvalue weighted by molar-refractivity contribution is 6.35. The first kappa shape index (κ1) is 20.3. The Kier molecular flexibility index (Phi) is 6.40. The molecule has 0 radical (unpaired) electrons. The number of ether oxygens (including phenoxy) is 4. The van der Waals surface area contributed by atoms with Crippen LogP contribution >= 0.6 is 0 Å². The Morgan fingerprint density at radius 2 is 1.72 bits per heavy atom. The summed E-state index contributed by atoms with van der Waals surface area (Å²) in [6.07, 6.45) is -1.01. The molecule has 3 rings (SSSR count). The summed E-state index contributed by atoms with van der Waals surface area (Å²) in [6.45, 7) is 0.183. The van der Waals surface area contributed by atoms with Crippen molar-refractivity contribution in [2.24, 2.45) is 0 Å². The number of amides is 2. The van der Waals surface area contributed by atoms with Crippen molar-refractivity contribution in [1.29, 1.82) is 0 Å². The van der Waals surface area contributed by atoms with Gasteiger partial charge in [-0.05, 0) is 35.4 Å². The van der Waals surface area contributed by atoms with Crippen LogP contribution < -0.4 is 29.6 Å². The molecule has 3 N–H and O–H groups in total. The van der Waals surface area contributed by atoms with Crippen LogP contribution in [0.25, 0.3) is 0 Å². The number of carbonyl (C=O) groups excluding carboxylic acids is 2. The molecule has 1 aliphatic rings. The van der Waals surface area contributed by atoms with E-state index >= 15 is 0 Å². The molecule has 9 heteroatoms. The van der Waals surface area contributed by atoms with Gasteiger partial charge in [-0.2, -0.15) is 0 Å². The van der Waals surface area contributed by atoms with Crippen molar-refractivity contribution in [3.63, 3.8) is 0 Å². The summed E-state index contributed by atoms with van der Waals surface area (Å²) in [5.41, 5.74) is 1.28. The minimum absolute atomic E-state index is 0.133. The lowest BCUT2D eigenvalue weighted by molar-refractivity contribution is -0.139. The first-order valence-electron chi connectivity index (χ1n) is 8.86. The zero-order chi connectivity index (χ0) is 20.8. The van der Waals surface area contributed by atoms with Gasteiger partial charge in [0.25, 0.3) is 0 Å². The van der Waals surface area contributed by atoms with E-state index in [9.17, 15) is 14.7 Å². The van der Waals surface area contributed by atoms with E-state index in [0.717, 1.165) is 5.56 Å².